The fourth-order valence-electron chi connectivity index (χ4n) is 3.33. The molecule has 10 heteroatoms. The first-order valence-corrected chi connectivity index (χ1v) is 10.6. The predicted octanol–water partition coefficient (Wildman–Crippen LogP) is 4.47. The first-order valence-electron chi connectivity index (χ1n) is 10.6. The number of aromatic nitrogens is 2. The lowest BCUT2D eigenvalue weighted by molar-refractivity contribution is -0.154. The van der Waals surface area contributed by atoms with E-state index < -0.39 is 12.8 Å². The maximum atomic E-state index is 12.2. The van der Waals surface area contributed by atoms with E-state index in [1.807, 2.05) is 31.2 Å². The second-order valence-electron chi connectivity index (χ2n) is 7.42. The van der Waals surface area contributed by atoms with Crippen LogP contribution in [0.2, 0.25) is 0 Å². The van der Waals surface area contributed by atoms with Crippen molar-refractivity contribution in [3.8, 4) is 11.6 Å². The molecule has 2 aromatic rings. The van der Waals surface area contributed by atoms with Gasteiger partial charge in [-0.1, -0.05) is 5.16 Å². The Morgan fingerprint density at radius 3 is 2.44 bits per heavy atom. The highest BCUT2D eigenvalue weighted by molar-refractivity contribution is 5.79. The summed E-state index contributed by atoms with van der Waals surface area (Å²) in [5.74, 6) is 1.88. The lowest BCUT2D eigenvalue weighted by Gasteiger charge is -2.32. The number of rotatable bonds is 10. The molecule has 1 fully saturated rings. The smallest absolute Gasteiger partial charge is 0.422 e. The highest BCUT2D eigenvalue weighted by atomic mass is 19.4. The van der Waals surface area contributed by atoms with Gasteiger partial charge in [0.05, 0.1) is 12.8 Å². The summed E-state index contributed by atoms with van der Waals surface area (Å²) in [6.45, 7) is 3.32. The van der Waals surface area contributed by atoms with Crippen molar-refractivity contribution in [2.24, 2.45) is 11.1 Å². The van der Waals surface area contributed by atoms with E-state index in [-0.39, 0.29) is 5.88 Å². The van der Waals surface area contributed by atoms with Gasteiger partial charge < -0.3 is 19.2 Å². The Morgan fingerprint density at radius 1 is 1.06 bits per heavy atom. The van der Waals surface area contributed by atoms with E-state index >= 15 is 0 Å². The van der Waals surface area contributed by atoms with Crippen LogP contribution in [-0.4, -0.2) is 55.5 Å². The molecule has 0 amide bonds. The molecular formula is C22H27F3N4O3. The van der Waals surface area contributed by atoms with Crippen LogP contribution in [-0.2, 0) is 4.84 Å². The summed E-state index contributed by atoms with van der Waals surface area (Å²) in [6.07, 6.45) is 0.203. The Bertz CT molecular complexity index is 837. The number of hydrogen-bond donors (Lipinski definition) is 0. The zero-order chi connectivity index (χ0) is 22.8. The van der Waals surface area contributed by atoms with E-state index in [0.717, 1.165) is 43.7 Å². The zero-order valence-corrected chi connectivity index (χ0v) is 17.9. The molecule has 0 N–H and O–H groups in total. The second-order valence-corrected chi connectivity index (χ2v) is 7.42. The van der Waals surface area contributed by atoms with Crippen molar-refractivity contribution in [1.82, 2.24) is 10.2 Å². The van der Waals surface area contributed by atoms with Crippen LogP contribution in [0, 0.1) is 5.92 Å². The number of halogens is 3. The first-order chi connectivity index (χ1) is 15.4. The topological polar surface area (TPSA) is 69.1 Å². The first kappa shape index (κ1) is 23.6. The number of benzene rings is 1. The quantitative estimate of drug-likeness (QED) is 0.391. The molecule has 2 heterocycles. The summed E-state index contributed by atoms with van der Waals surface area (Å²) in [7, 11) is 0. The summed E-state index contributed by atoms with van der Waals surface area (Å²) < 4.78 is 47.1. The van der Waals surface area contributed by atoms with Crippen LogP contribution in [0.1, 0.15) is 31.7 Å². The van der Waals surface area contributed by atoms with E-state index in [9.17, 15) is 13.2 Å². The van der Waals surface area contributed by atoms with E-state index in [2.05, 4.69) is 25.0 Å². The summed E-state index contributed by atoms with van der Waals surface area (Å²) >= 11 is 0. The number of nitrogens with zero attached hydrogens (tertiary/aromatic N) is 4. The van der Waals surface area contributed by atoms with Crippen molar-refractivity contribution < 1.29 is 27.5 Å². The fourth-order valence-corrected chi connectivity index (χ4v) is 3.33. The van der Waals surface area contributed by atoms with Crippen LogP contribution in [0.15, 0.2) is 41.6 Å². The largest absolute Gasteiger partial charge is 0.494 e. The maximum Gasteiger partial charge on any atom is 0.422 e. The number of alkyl halides is 3. The molecule has 1 aliphatic rings. The molecule has 174 valence electrons. The molecule has 0 aliphatic carbocycles. The standard InChI is InChI=1S/C22H27F3N4O3/c1-2-32-26-15-18-3-5-19(6-4-18)30-14-11-17-9-12-29(13-10-17)20-7-8-21(28-27-20)31-16-22(23,24)25/h3-8,15,17H,2,9-14,16H2,1H3/b26-15+. The molecule has 0 radical (unpaired) electrons. The number of piperidine rings is 1. The van der Waals surface area contributed by atoms with Gasteiger partial charge in [0.25, 0.3) is 0 Å². The van der Waals surface area contributed by atoms with E-state index in [1.165, 1.54) is 6.07 Å². The molecule has 0 unspecified atom stereocenters. The SMILES string of the molecule is CCO/N=C/c1ccc(OCCC2CCN(c3ccc(OCC(F)(F)F)nn3)CC2)cc1. The lowest BCUT2D eigenvalue weighted by atomic mass is 9.94. The predicted molar refractivity (Wildman–Crippen MR) is 114 cm³/mol. The van der Waals surface area contributed by atoms with E-state index in [0.29, 0.717) is 24.9 Å². The molecular weight excluding hydrogens is 425 g/mol. The summed E-state index contributed by atoms with van der Waals surface area (Å²) in [5, 5.41) is 11.6. The molecule has 1 aromatic carbocycles. The van der Waals surface area contributed by atoms with Gasteiger partial charge in [0.1, 0.15) is 12.4 Å². The number of anilines is 1. The minimum Gasteiger partial charge on any atom is -0.494 e. The van der Waals surface area contributed by atoms with Gasteiger partial charge in [-0.2, -0.15) is 13.2 Å². The minimum atomic E-state index is -4.39. The summed E-state index contributed by atoms with van der Waals surface area (Å²) in [6, 6.07) is 10.7. The highest BCUT2D eigenvalue weighted by Gasteiger charge is 2.28. The molecule has 3 rings (SSSR count). The fraction of sp³-hybridized carbons (Fsp3) is 0.500. The van der Waals surface area contributed by atoms with Gasteiger partial charge in [0.2, 0.25) is 5.88 Å². The number of oxime groups is 1. The van der Waals surface area contributed by atoms with Crippen LogP contribution in [0.25, 0.3) is 0 Å². The van der Waals surface area contributed by atoms with Crippen molar-refractivity contribution in [2.75, 3.05) is 37.8 Å². The Hall–Kier alpha value is -3.04. The molecule has 7 nitrogen and oxygen atoms in total. The third-order valence-corrected chi connectivity index (χ3v) is 5.03. The molecule has 0 atom stereocenters. The normalized spacial score (nSPS) is 15.2. The van der Waals surface area contributed by atoms with Crippen LogP contribution < -0.4 is 14.4 Å². The molecule has 1 aromatic heterocycles. The third kappa shape index (κ3) is 7.90. The number of ether oxygens (including phenoxy) is 2. The van der Waals surface area contributed by atoms with Crippen LogP contribution in [0.5, 0.6) is 11.6 Å². The van der Waals surface area contributed by atoms with Crippen LogP contribution >= 0.6 is 0 Å². The van der Waals surface area contributed by atoms with Crippen molar-refractivity contribution in [3.05, 3.63) is 42.0 Å². The third-order valence-electron chi connectivity index (χ3n) is 5.03. The van der Waals surface area contributed by atoms with Crippen molar-refractivity contribution >= 4 is 12.0 Å². The van der Waals surface area contributed by atoms with Crippen molar-refractivity contribution in [1.29, 1.82) is 0 Å². The average molecular weight is 452 g/mol. The monoisotopic (exact) mass is 452 g/mol. The van der Waals surface area contributed by atoms with Gasteiger partial charge in [-0.15, -0.1) is 10.2 Å². The van der Waals surface area contributed by atoms with Crippen molar-refractivity contribution in [2.45, 2.75) is 32.4 Å². The Balaban J connectivity index is 1.36. The van der Waals surface area contributed by atoms with Crippen molar-refractivity contribution in [3.63, 3.8) is 0 Å². The zero-order valence-electron chi connectivity index (χ0n) is 17.9. The van der Waals surface area contributed by atoms with E-state index in [4.69, 9.17) is 9.57 Å². The summed E-state index contributed by atoms with van der Waals surface area (Å²) in [5.41, 5.74) is 0.946. The van der Waals surface area contributed by atoms with Gasteiger partial charge >= 0.3 is 6.18 Å². The molecule has 1 saturated heterocycles. The van der Waals surface area contributed by atoms with Crippen LogP contribution in [0.3, 0.4) is 0 Å². The average Bonchev–Trinajstić information content (AvgIpc) is 2.79. The van der Waals surface area contributed by atoms with Gasteiger partial charge in [-0.05, 0) is 68.0 Å². The van der Waals surface area contributed by atoms with Gasteiger partial charge in [-0.25, -0.2) is 0 Å². The molecule has 0 bridgehead atoms. The Labute approximate surface area is 185 Å². The number of hydrogen-bond acceptors (Lipinski definition) is 7. The Kier molecular flexibility index (Phi) is 8.52. The molecule has 0 saturated carbocycles. The van der Waals surface area contributed by atoms with Gasteiger partial charge in [0.15, 0.2) is 12.4 Å². The minimum absolute atomic E-state index is 0.132. The van der Waals surface area contributed by atoms with Crippen LogP contribution in [0.4, 0.5) is 19.0 Å². The van der Waals surface area contributed by atoms with Gasteiger partial charge in [-0.3, -0.25) is 0 Å². The Morgan fingerprint density at radius 2 is 1.81 bits per heavy atom. The molecule has 32 heavy (non-hydrogen) atoms. The van der Waals surface area contributed by atoms with Gasteiger partial charge in [0, 0.05) is 19.2 Å². The lowest BCUT2D eigenvalue weighted by Crippen LogP contribution is -2.34. The highest BCUT2D eigenvalue weighted by Crippen LogP contribution is 2.25. The second kappa shape index (κ2) is 11.5. The maximum absolute atomic E-state index is 12.2. The summed E-state index contributed by atoms with van der Waals surface area (Å²) in [4.78, 5) is 7.03. The van der Waals surface area contributed by atoms with E-state index in [1.54, 1.807) is 12.3 Å². The molecule has 1 aliphatic heterocycles. The molecule has 0 spiro atoms.